The lowest BCUT2D eigenvalue weighted by molar-refractivity contribution is -0.142. The fraction of sp³-hybridized carbons (Fsp3) is 0.643. The Balaban J connectivity index is 2.15. The zero-order chi connectivity index (χ0) is 17.9. The number of carbonyl (C=O) groups is 1. The van der Waals surface area contributed by atoms with Crippen molar-refractivity contribution in [1.29, 1.82) is 0 Å². The van der Waals surface area contributed by atoms with E-state index in [-0.39, 0.29) is 24.3 Å². The summed E-state index contributed by atoms with van der Waals surface area (Å²) in [4.78, 5) is 24.2. The molecular weight excluding hydrogens is 327 g/mol. The van der Waals surface area contributed by atoms with Crippen LogP contribution in [0.1, 0.15) is 5.69 Å². The molecule has 24 heavy (non-hydrogen) atoms. The summed E-state index contributed by atoms with van der Waals surface area (Å²) in [6.07, 6.45) is -4.53. The average molecular weight is 347 g/mol. The molecule has 0 saturated carbocycles. The van der Waals surface area contributed by atoms with E-state index in [1.54, 1.807) is 19.0 Å². The standard InChI is InChI=1S/C14H20F3N5O2/c1-20(2)11-8-10(14(15,16)17)18-13(19-11)22-6-4-21(5-7-22)9-12(23)24-3/h8H,4-7,9H2,1-3H3. The van der Waals surface area contributed by atoms with Crippen molar-refractivity contribution in [3.8, 4) is 0 Å². The second-order valence-corrected chi connectivity index (χ2v) is 5.64. The summed E-state index contributed by atoms with van der Waals surface area (Å²) in [6, 6.07) is 0.928. The van der Waals surface area contributed by atoms with Gasteiger partial charge in [0.1, 0.15) is 5.82 Å². The number of halogens is 3. The Kier molecular flexibility index (Phi) is 5.47. The van der Waals surface area contributed by atoms with Crippen molar-refractivity contribution in [2.24, 2.45) is 0 Å². The third kappa shape index (κ3) is 4.47. The lowest BCUT2D eigenvalue weighted by atomic mass is 10.3. The molecule has 0 aliphatic carbocycles. The second-order valence-electron chi connectivity index (χ2n) is 5.64. The minimum absolute atomic E-state index is 0.0474. The lowest BCUT2D eigenvalue weighted by Crippen LogP contribution is -2.48. The lowest BCUT2D eigenvalue weighted by Gasteiger charge is -2.34. The van der Waals surface area contributed by atoms with Crippen LogP contribution in [0.5, 0.6) is 0 Å². The summed E-state index contributed by atoms with van der Waals surface area (Å²) >= 11 is 0. The number of carbonyl (C=O) groups excluding carboxylic acids is 1. The fourth-order valence-corrected chi connectivity index (χ4v) is 2.29. The molecule has 2 rings (SSSR count). The number of methoxy groups -OCH3 is 1. The smallest absolute Gasteiger partial charge is 0.433 e. The fourth-order valence-electron chi connectivity index (χ4n) is 2.29. The zero-order valence-electron chi connectivity index (χ0n) is 13.8. The molecular formula is C14H20F3N5O2. The number of alkyl halides is 3. The van der Waals surface area contributed by atoms with Crippen LogP contribution in [0.25, 0.3) is 0 Å². The highest BCUT2D eigenvalue weighted by Crippen LogP contribution is 2.31. The molecule has 1 saturated heterocycles. The molecule has 0 aromatic carbocycles. The number of esters is 1. The van der Waals surface area contributed by atoms with E-state index in [4.69, 9.17) is 0 Å². The van der Waals surface area contributed by atoms with Crippen molar-refractivity contribution in [3.63, 3.8) is 0 Å². The maximum atomic E-state index is 13.0. The summed E-state index contributed by atoms with van der Waals surface area (Å²) < 4.78 is 43.7. The molecule has 1 aliphatic rings. The van der Waals surface area contributed by atoms with Crippen LogP contribution in [0.15, 0.2) is 6.07 Å². The van der Waals surface area contributed by atoms with Gasteiger partial charge in [0.15, 0.2) is 5.69 Å². The summed E-state index contributed by atoms with van der Waals surface area (Å²) in [5.74, 6) is -0.0933. The molecule has 0 radical (unpaired) electrons. The van der Waals surface area contributed by atoms with Gasteiger partial charge >= 0.3 is 12.1 Å². The van der Waals surface area contributed by atoms with E-state index in [2.05, 4.69) is 14.7 Å². The topological polar surface area (TPSA) is 61.8 Å². The van der Waals surface area contributed by atoms with Gasteiger partial charge in [0.05, 0.1) is 13.7 Å². The van der Waals surface area contributed by atoms with Crippen molar-refractivity contribution in [2.45, 2.75) is 6.18 Å². The molecule has 0 atom stereocenters. The van der Waals surface area contributed by atoms with Crippen LogP contribution in [-0.2, 0) is 15.7 Å². The Hall–Kier alpha value is -2.10. The van der Waals surface area contributed by atoms with Gasteiger partial charge in [-0.05, 0) is 0 Å². The molecule has 0 bridgehead atoms. The Morgan fingerprint density at radius 3 is 2.38 bits per heavy atom. The van der Waals surface area contributed by atoms with Gasteiger partial charge in [-0.15, -0.1) is 0 Å². The quantitative estimate of drug-likeness (QED) is 0.749. The molecule has 1 aromatic heterocycles. The van der Waals surface area contributed by atoms with Crippen LogP contribution in [0.3, 0.4) is 0 Å². The number of aromatic nitrogens is 2. The third-order valence-corrected chi connectivity index (χ3v) is 3.68. The molecule has 0 N–H and O–H groups in total. The van der Waals surface area contributed by atoms with E-state index in [1.165, 1.54) is 12.0 Å². The van der Waals surface area contributed by atoms with Gasteiger partial charge in [-0.3, -0.25) is 9.69 Å². The number of rotatable bonds is 4. The van der Waals surface area contributed by atoms with E-state index in [1.807, 2.05) is 4.90 Å². The van der Waals surface area contributed by atoms with Crippen LogP contribution >= 0.6 is 0 Å². The molecule has 1 aliphatic heterocycles. The van der Waals surface area contributed by atoms with Gasteiger partial charge in [0.25, 0.3) is 0 Å². The van der Waals surface area contributed by atoms with Gasteiger partial charge in [0, 0.05) is 46.3 Å². The predicted molar refractivity (Wildman–Crippen MR) is 82.0 cm³/mol. The average Bonchev–Trinajstić information content (AvgIpc) is 2.54. The summed E-state index contributed by atoms with van der Waals surface area (Å²) in [5.41, 5.74) is -0.965. The van der Waals surface area contributed by atoms with Gasteiger partial charge in [-0.1, -0.05) is 0 Å². The first-order valence-electron chi connectivity index (χ1n) is 7.38. The highest BCUT2D eigenvalue weighted by Gasteiger charge is 2.35. The first-order chi connectivity index (χ1) is 11.2. The molecule has 0 amide bonds. The maximum Gasteiger partial charge on any atom is 0.433 e. The van der Waals surface area contributed by atoms with Crippen molar-refractivity contribution < 1.29 is 22.7 Å². The molecule has 0 spiro atoms. The summed E-state index contributed by atoms with van der Waals surface area (Å²) in [5, 5.41) is 0. The predicted octanol–water partition coefficient (Wildman–Crippen LogP) is 0.856. The van der Waals surface area contributed by atoms with Gasteiger partial charge in [0.2, 0.25) is 5.95 Å². The van der Waals surface area contributed by atoms with Crippen LogP contribution in [0, 0.1) is 0 Å². The van der Waals surface area contributed by atoms with Gasteiger partial charge < -0.3 is 14.5 Å². The zero-order valence-corrected chi connectivity index (χ0v) is 13.8. The van der Waals surface area contributed by atoms with Crippen LogP contribution in [0.2, 0.25) is 0 Å². The second kappa shape index (κ2) is 7.20. The molecule has 7 nitrogen and oxygen atoms in total. The van der Waals surface area contributed by atoms with Crippen LogP contribution < -0.4 is 9.80 Å². The molecule has 10 heteroatoms. The van der Waals surface area contributed by atoms with Crippen molar-refractivity contribution in [1.82, 2.24) is 14.9 Å². The Morgan fingerprint density at radius 2 is 1.88 bits per heavy atom. The van der Waals surface area contributed by atoms with E-state index >= 15 is 0 Å². The highest BCUT2D eigenvalue weighted by atomic mass is 19.4. The molecule has 2 heterocycles. The van der Waals surface area contributed by atoms with E-state index in [9.17, 15) is 18.0 Å². The van der Waals surface area contributed by atoms with E-state index in [0.29, 0.717) is 26.2 Å². The third-order valence-electron chi connectivity index (χ3n) is 3.68. The maximum absolute atomic E-state index is 13.0. The molecule has 0 unspecified atom stereocenters. The summed E-state index contributed by atoms with van der Waals surface area (Å²) in [7, 11) is 4.57. The highest BCUT2D eigenvalue weighted by molar-refractivity contribution is 5.71. The number of hydrogen-bond acceptors (Lipinski definition) is 7. The van der Waals surface area contributed by atoms with E-state index < -0.39 is 11.9 Å². The number of hydrogen-bond donors (Lipinski definition) is 0. The first kappa shape index (κ1) is 18.2. The number of anilines is 2. The molecule has 134 valence electrons. The van der Waals surface area contributed by atoms with Crippen molar-refractivity contribution in [3.05, 3.63) is 11.8 Å². The van der Waals surface area contributed by atoms with Gasteiger partial charge in [-0.2, -0.15) is 18.2 Å². The number of piperazine rings is 1. The monoisotopic (exact) mass is 347 g/mol. The minimum Gasteiger partial charge on any atom is -0.468 e. The number of nitrogens with zero attached hydrogens (tertiary/aromatic N) is 5. The normalized spacial score (nSPS) is 16.2. The van der Waals surface area contributed by atoms with Crippen LogP contribution in [-0.4, -0.2) is 74.8 Å². The van der Waals surface area contributed by atoms with Gasteiger partial charge in [-0.25, -0.2) is 4.98 Å². The molecule has 1 aromatic rings. The Morgan fingerprint density at radius 1 is 1.25 bits per heavy atom. The Bertz CT molecular complexity index is 586. The van der Waals surface area contributed by atoms with Crippen molar-refractivity contribution in [2.75, 3.05) is 63.7 Å². The number of ether oxygens (including phenoxy) is 1. The summed E-state index contributed by atoms with van der Waals surface area (Å²) in [6.45, 7) is 2.07. The van der Waals surface area contributed by atoms with E-state index in [0.717, 1.165) is 6.07 Å². The first-order valence-corrected chi connectivity index (χ1v) is 7.38. The SMILES string of the molecule is COC(=O)CN1CCN(c2nc(N(C)C)cc(C(F)(F)F)n2)CC1. The Labute approximate surface area is 138 Å². The van der Waals surface area contributed by atoms with Crippen molar-refractivity contribution >= 4 is 17.7 Å². The molecule has 1 fully saturated rings. The largest absolute Gasteiger partial charge is 0.468 e. The minimum atomic E-state index is -4.53. The van der Waals surface area contributed by atoms with Crippen LogP contribution in [0.4, 0.5) is 24.9 Å².